The van der Waals surface area contributed by atoms with Crippen molar-refractivity contribution in [2.75, 3.05) is 0 Å². The number of rotatable bonds is 3. The maximum Gasteiger partial charge on any atom is 0.241 e. The van der Waals surface area contributed by atoms with E-state index in [1.165, 1.54) is 12.1 Å². The number of hydrogen-bond acceptors (Lipinski definition) is 2. The van der Waals surface area contributed by atoms with Crippen LogP contribution >= 0.6 is 11.6 Å². The number of nitrogens with one attached hydrogen (secondary N) is 1. The van der Waals surface area contributed by atoms with Crippen LogP contribution in [0.4, 0.5) is 4.39 Å². The molecular weight excluding hydrogens is 289 g/mol. The van der Waals surface area contributed by atoms with Crippen molar-refractivity contribution < 1.29 is 12.8 Å². The quantitative estimate of drug-likeness (QED) is 0.873. The molecule has 19 heavy (non-hydrogen) atoms. The molecule has 2 rings (SSSR count). The van der Waals surface area contributed by atoms with Gasteiger partial charge in [-0.05, 0) is 50.3 Å². The molecule has 1 aromatic rings. The molecule has 0 aromatic heterocycles. The summed E-state index contributed by atoms with van der Waals surface area (Å²) in [6.45, 7) is 1.66. The highest BCUT2D eigenvalue weighted by Gasteiger charge is 2.25. The van der Waals surface area contributed by atoms with Crippen LogP contribution in [0, 0.1) is 12.7 Å². The lowest BCUT2D eigenvalue weighted by molar-refractivity contribution is 0.416. The van der Waals surface area contributed by atoms with E-state index < -0.39 is 15.8 Å². The maximum absolute atomic E-state index is 13.2. The molecule has 1 aliphatic rings. The zero-order valence-corrected chi connectivity index (χ0v) is 12.3. The van der Waals surface area contributed by atoms with Gasteiger partial charge < -0.3 is 0 Å². The van der Waals surface area contributed by atoms with Crippen molar-refractivity contribution >= 4 is 21.6 Å². The van der Waals surface area contributed by atoms with Crippen molar-refractivity contribution in [3.8, 4) is 0 Å². The summed E-state index contributed by atoms with van der Waals surface area (Å²) >= 11 is 5.99. The number of alkyl halides is 1. The first-order chi connectivity index (χ1) is 8.88. The predicted octanol–water partition coefficient (Wildman–Crippen LogP) is 2.96. The fraction of sp³-hybridized carbons (Fsp3) is 0.538. The topological polar surface area (TPSA) is 46.2 Å². The van der Waals surface area contributed by atoms with E-state index in [2.05, 4.69) is 4.72 Å². The summed E-state index contributed by atoms with van der Waals surface area (Å²) in [5.41, 5.74) is 0.542. The number of aryl methyl sites for hydroxylation is 1. The maximum atomic E-state index is 13.2. The Kier molecular flexibility index (Phi) is 4.48. The van der Waals surface area contributed by atoms with E-state index in [-0.39, 0.29) is 16.3 Å². The van der Waals surface area contributed by atoms with Gasteiger partial charge in [0.1, 0.15) is 5.82 Å². The Hall–Kier alpha value is -0.650. The van der Waals surface area contributed by atoms with E-state index in [1.54, 1.807) is 6.92 Å². The van der Waals surface area contributed by atoms with Gasteiger partial charge in [0.15, 0.2) is 0 Å². The summed E-state index contributed by atoms with van der Waals surface area (Å²) < 4.78 is 40.3. The second-order valence-electron chi connectivity index (χ2n) is 4.98. The van der Waals surface area contributed by atoms with Gasteiger partial charge in [-0.2, -0.15) is 0 Å². The van der Waals surface area contributed by atoms with Crippen molar-refractivity contribution in [3.05, 3.63) is 29.6 Å². The molecule has 0 aliphatic heterocycles. The summed E-state index contributed by atoms with van der Waals surface area (Å²) in [4.78, 5) is 0.0143. The Morgan fingerprint density at radius 1 is 1.26 bits per heavy atom. The van der Waals surface area contributed by atoms with Crippen LogP contribution in [0.25, 0.3) is 0 Å². The third-order valence-corrected chi connectivity index (χ3v) is 5.52. The van der Waals surface area contributed by atoms with E-state index in [0.717, 1.165) is 31.7 Å². The first kappa shape index (κ1) is 14.8. The Balaban J connectivity index is 2.16. The molecule has 0 saturated heterocycles. The third kappa shape index (κ3) is 3.68. The van der Waals surface area contributed by atoms with E-state index in [9.17, 15) is 12.8 Å². The van der Waals surface area contributed by atoms with E-state index in [4.69, 9.17) is 11.6 Å². The van der Waals surface area contributed by atoms with Gasteiger partial charge in [0, 0.05) is 11.4 Å². The molecule has 1 N–H and O–H groups in total. The van der Waals surface area contributed by atoms with Gasteiger partial charge in [0.05, 0.1) is 4.90 Å². The van der Waals surface area contributed by atoms with Crippen LogP contribution in [-0.2, 0) is 10.0 Å². The minimum Gasteiger partial charge on any atom is -0.208 e. The molecule has 0 bridgehead atoms. The molecule has 106 valence electrons. The Morgan fingerprint density at radius 3 is 2.53 bits per heavy atom. The summed E-state index contributed by atoms with van der Waals surface area (Å²) in [5, 5.41) is 0.136. The summed E-state index contributed by atoms with van der Waals surface area (Å²) in [6.07, 6.45) is 3.05. The largest absolute Gasteiger partial charge is 0.241 e. The average Bonchev–Trinajstić information content (AvgIpc) is 2.35. The molecule has 1 aliphatic carbocycles. The fourth-order valence-corrected chi connectivity index (χ4v) is 4.13. The standard InChI is InChI=1S/C13H17ClFNO2S/c1-9-2-5-11(15)8-13(9)19(17,18)16-12-6-3-10(14)4-7-12/h2,5,8,10,12,16H,3-4,6-7H2,1H3. The fourth-order valence-electron chi connectivity index (χ4n) is 2.32. The van der Waals surface area contributed by atoms with Gasteiger partial charge in [-0.15, -0.1) is 11.6 Å². The first-order valence-corrected chi connectivity index (χ1v) is 8.23. The van der Waals surface area contributed by atoms with Crippen LogP contribution in [0.1, 0.15) is 31.2 Å². The minimum absolute atomic E-state index is 0.0143. The SMILES string of the molecule is Cc1ccc(F)cc1S(=O)(=O)NC1CCC(Cl)CC1. The Bertz CT molecular complexity index is 554. The zero-order valence-electron chi connectivity index (χ0n) is 10.7. The summed E-state index contributed by atoms with van der Waals surface area (Å²) in [5.74, 6) is -0.546. The van der Waals surface area contributed by atoms with Crippen LogP contribution in [0.5, 0.6) is 0 Å². The first-order valence-electron chi connectivity index (χ1n) is 6.31. The highest BCUT2D eigenvalue weighted by molar-refractivity contribution is 7.89. The lowest BCUT2D eigenvalue weighted by Crippen LogP contribution is -2.38. The molecule has 0 radical (unpaired) electrons. The van der Waals surface area contributed by atoms with Crippen molar-refractivity contribution in [1.29, 1.82) is 0 Å². The van der Waals surface area contributed by atoms with E-state index >= 15 is 0 Å². The van der Waals surface area contributed by atoms with Crippen molar-refractivity contribution in [2.24, 2.45) is 0 Å². The monoisotopic (exact) mass is 305 g/mol. The normalized spacial score (nSPS) is 24.4. The smallest absolute Gasteiger partial charge is 0.208 e. The van der Waals surface area contributed by atoms with Gasteiger partial charge in [-0.25, -0.2) is 17.5 Å². The van der Waals surface area contributed by atoms with Crippen molar-refractivity contribution in [1.82, 2.24) is 4.72 Å². The highest BCUT2D eigenvalue weighted by Crippen LogP contribution is 2.25. The lowest BCUT2D eigenvalue weighted by atomic mass is 9.96. The molecule has 0 spiro atoms. The van der Waals surface area contributed by atoms with Crippen LogP contribution in [0.3, 0.4) is 0 Å². The van der Waals surface area contributed by atoms with E-state index in [1.807, 2.05) is 0 Å². The zero-order chi connectivity index (χ0) is 14.0. The van der Waals surface area contributed by atoms with Crippen LogP contribution in [0.2, 0.25) is 0 Å². The van der Waals surface area contributed by atoms with Crippen LogP contribution in [0.15, 0.2) is 23.1 Å². The molecule has 6 heteroatoms. The molecule has 0 amide bonds. The van der Waals surface area contributed by atoms with Crippen molar-refractivity contribution in [2.45, 2.75) is 48.9 Å². The van der Waals surface area contributed by atoms with Gasteiger partial charge in [-0.1, -0.05) is 6.07 Å². The second-order valence-corrected chi connectivity index (χ2v) is 7.28. The van der Waals surface area contributed by atoms with Gasteiger partial charge in [0.25, 0.3) is 0 Å². The molecule has 3 nitrogen and oxygen atoms in total. The molecule has 1 aromatic carbocycles. The number of sulfonamides is 1. The van der Waals surface area contributed by atoms with Crippen LogP contribution in [-0.4, -0.2) is 19.8 Å². The minimum atomic E-state index is -3.66. The van der Waals surface area contributed by atoms with Crippen LogP contribution < -0.4 is 4.72 Å². The summed E-state index contributed by atoms with van der Waals surface area (Å²) in [6, 6.07) is 3.68. The average molecular weight is 306 g/mol. The third-order valence-electron chi connectivity index (χ3n) is 3.42. The summed E-state index contributed by atoms with van der Waals surface area (Å²) in [7, 11) is -3.66. The second kappa shape index (κ2) is 5.77. The Morgan fingerprint density at radius 2 is 1.89 bits per heavy atom. The number of halogens is 2. The Labute approximate surface area is 118 Å². The highest BCUT2D eigenvalue weighted by atomic mass is 35.5. The molecule has 1 fully saturated rings. The van der Waals surface area contributed by atoms with E-state index in [0.29, 0.717) is 5.56 Å². The van der Waals surface area contributed by atoms with Gasteiger partial charge in [-0.3, -0.25) is 0 Å². The number of benzene rings is 1. The number of hydrogen-bond donors (Lipinski definition) is 1. The molecule has 1 saturated carbocycles. The van der Waals surface area contributed by atoms with Gasteiger partial charge in [0.2, 0.25) is 10.0 Å². The predicted molar refractivity (Wildman–Crippen MR) is 73.4 cm³/mol. The molecule has 0 heterocycles. The molecule has 0 atom stereocenters. The van der Waals surface area contributed by atoms with Crippen molar-refractivity contribution in [3.63, 3.8) is 0 Å². The molecule has 0 unspecified atom stereocenters. The van der Waals surface area contributed by atoms with Gasteiger partial charge >= 0.3 is 0 Å². The lowest BCUT2D eigenvalue weighted by Gasteiger charge is -2.25. The molecular formula is C13H17ClFNO2S.